The van der Waals surface area contributed by atoms with Gasteiger partial charge in [-0.15, -0.1) is 0 Å². The summed E-state index contributed by atoms with van der Waals surface area (Å²) >= 11 is 0. The standard InChI is InChI=1S/C11H22N2O2/c1-8(2)13(3)7-6-10(11(14)15)12-9-4-5-9/h8-10,12H,4-7H2,1-3H3,(H,14,15). The molecule has 0 heterocycles. The molecule has 1 fully saturated rings. The summed E-state index contributed by atoms with van der Waals surface area (Å²) in [6.45, 7) is 5.06. The van der Waals surface area contributed by atoms with Gasteiger partial charge in [-0.05, 0) is 40.2 Å². The first-order valence-electron chi connectivity index (χ1n) is 5.69. The normalized spacial score (nSPS) is 18.5. The van der Waals surface area contributed by atoms with Crippen LogP contribution in [0.15, 0.2) is 0 Å². The van der Waals surface area contributed by atoms with E-state index in [0.29, 0.717) is 18.5 Å². The molecule has 0 spiro atoms. The van der Waals surface area contributed by atoms with Crippen molar-refractivity contribution in [1.29, 1.82) is 0 Å². The number of aliphatic carboxylic acids is 1. The fraction of sp³-hybridized carbons (Fsp3) is 0.909. The lowest BCUT2D eigenvalue weighted by Crippen LogP contribution is -2.41. The summed E-state index contributed by atoms with van der Waals surface area (Å²) in [7, 11) is 2.03. The molecule has 0 saturated heterocycles. The van der Waals surface area contributed by atoms with Crippen LogP contribution < -0.4 is 5.32 Å². The van der Waals surface area contributed by atoms with Gasteiger partial charge in [-0.25, -0.2) is 0 Å². The summed E-state index contributed by atoms with van der Waals surface area (Å²) in [4.78, 5) is 13.1. The van der Waals surface area contributed by atoms with E-state index in [2.05, 4.69) is 24.1 Å². The van der Waals surface area contributed by atoms with Crippen LogP contribution in [0.5, 0.6) is 0 Å². The van der Waals surface area contributed by atoms with Crippen molar-refractivity contribution < 1.29 is 9.90 Å². The van der Waals surface area contributed by atoms with E-state index in [9.17, 15) is 4.79 Å². The number of carbonyl (C=O) groups is 1. The largest absolute Gasteiger partial charge is 0.480 e. The summed E-state index contributed by atoms with van der Waals surface area (Å²) in [5, 5.41) is 12.2. The van der Waals surface area contributed by atoms with Crippen LogP contribution in [0.2, 0.25) is 0 Å². The first kappa shape index (κ1) is 12.5. The monoisotopic (exact) mass is 214 g/mol. The molecule has 0 aromatic carbocycles. The zero-order chi connectivity index (χ0) is 11.4. The summed E-state index contributed by atoms with van der Waals surface area (Å²) < 4.78 is 0. The molecule has 0 amide bonds. The van der Waals surface area contributed by atoms with Gasteiger partial charge in [0.25, 0.3) is 0 Å². The van der Waals surface area contributed by atoms with E-state index in [1.165, 1.54) is 0 Å². The van der Waals surface area contributed by atoms with E-state index in [4.69, 9.17) is 5.11 Å². The van der Waals surface area contributed by atoms with Gasteiger partial charge in [0.15, 0.2) is 0 Å². The predicted octanol–water partition coefficient (Wildman–Crippen LogP) is 0.922. The zero-order valence-corrected chi connectivity index (χ0v) is 9.86. The van der Waals surface area contributed by atoms with Crippen LogP contribution in [-0.2, 0) is 4.79 Å². The van der Waals surface area contributed by atoms with Crippen molar-refractivity contribution in [2.45, 2.75) is 51.2 Å². The second-order valence-electron chi connectivity index (χ2n) is 4.69. The second-order valence-corrected chi connectivity index (χ2v) is 4.69. The van der Waals surface area contributed by atoms with Gasteiger partial charge in [-0.2, -0.15) is 0 Å². The highest BCUT2D eigenvalue weighted by atomic mass is 16.4. The third kappa shape index (κ3) is 4.62. The molecule has 1 atom stereocenters. The molecule has 4 nitrogen and oxygen atoms in total. The van der Waals surface area contributed by atoms with Gasteiger partial charge in [-0.1, -0.05) is 0 Å². The molecule has 1 rings (SSSR count). The van der Waals surface area contributed by atoms with Gasteiger partial charge in [0.1, 0.15) is 6.04 Å². The second kappa shape index (κ2) is 5.47. The Morgan fingerprint density at radius 1 is 1.53 bits per heavy atom. The molecule has 0 bridgehead atoms. The van der Waals surface area contributed by atoms with Gasteiger partial charge in [0, 0.05) is 18.6 Å². The van der Waals surface area contributed by atoms with Gasteiger partial charge in [0.2, 0.25) is 0 Å². The molecule has 0 aliphatic heterocycles. The maximum absolute atomic E-state index is 11.0. The summed E-state index contributed by atoms with van der Waals surface area (Å²) in [5.41, 5.74) is 0. The van der Waals surface area contributed by atoms with E-state index in [-0.39, 0.29) is 6.04 Å². The van der Waals surface area contributed by atoms with Crippen molar-refractivity contribution in [3.8, 4) is 0 Å². The molecule has 1 aliphatic rings. The first-order chi connectivity index (χ1) is 7.00. The number of carboxylic acids is 1. The molecule has 1 saturated carbocycles. The maximum Gasteiger partial charge on any atom is 0.320 e. The van der Waals surface area contributed by atoms with Crippen LogP contribution in [0.3, 0.4) is 0 Å². The molecule has 0 aromatic rings. The summed E-state index contributed by atoms with van der Waals surface area (Å²) in [6, 6.07) is 0.550. The fourth-order valence-electron chi connectivity index (χ4n) is 1.40. The van der Waals surface area contributed by atoms with Crippen LogP contribution in [0.1, 0.15) is 33.1 Å². The van der Waals surface area contributed by atoms with Gasteiger partial charge in [-0.3, -0.25) is 4.79 Å². The van der Waals surface area contributed by atoms with Crippen LogP contribution in [0.25, 0.3) is 0 Å². The number of nitrogens with one attached hydrogen (secondary N) is 1. The highest BCUT2D eigenvalue weighted by Crippen LogP contribution is 2.20. The van der Waals surface area contributed by atoms with Crippen LogP contribution >= 0.6 is 0 Å². The van der Waals surface area contributed by atoms with Crippen molar-refractivity contribution in [1.82, 2.24) is 10.2 Å². The number of hydrogen-bond donors (Lipinski definition) is 2. The molecule has 88 valence electrons. The van der Waals surface area contributed by atoms with Crippen molar-refractivity contribution in [2.24, 2.45) is 0 Å². The van der Waals surface area contributed by atoms with Crippen LogP contribution in [0, 0.1) is 0 Å². The van der Waals surface area contributed by atoms with Crippen LogP contribution in [-0.4, -0.2) is 47.7 Å². The molecular formula is C11H22N2O2. The third-order valence-electron chi connectivity index (χ3n) is 2.96. The quantitative estimate of drug-likeness (QED) is 0.662. The number of nitrogens with zero attached hydrogens (tertiary/aromatic N) is 1. The first-order valence-corrected chi connectivity index (χ1v) is 5.69. The Kier molecular flexibility index (Phi) is 4.54. The lowest BCUT2D eigenvalue weighted by molar-refractivity contribution is -0.139. The molecule has 0 aromatic heterocycles. The Bertz CT molecular complexity index is 215. The van der Waals surface area contributed by atoms with E-state index in [0.717, 1.165) is 19.4 Å². The van der Waals surface area contributed by atoms with E-state index in [1.807, 2.05) is 7.05 Å². The van der Waals surface area contributed by atoms with E-state index in [1.54, 1.807) is 0 Å². The lowest BCUT2D eigenvalue weighted by Gasteiger charge is -2.23. The molecule has 0 radical (unpaired) electrons. The third-order valence-corrected chi connectivity index (χ3v) is 2.96. The molecule has 2 N–H and O–H groups in total. The van der Waals surface area contributed by atoms with Crippen molar-refractivity contribution in [3.63, 3.8) is 0 Å². The Hall–Kier alpha value is -0.610. The van der Waals surface area contributed by atoms with Crippen molar-refractivity contribution in [2.75, 3.05) is 13.6 Å². The molecular weight excluding hydrogens is 192 g/mol. The lowest BCUT2D eigenvalue weighted by atomic mass is 10.2. The average Bonchev–Trinajstić information content (AvgIpc) is 2.94. The summed E-state index contributed by atoms with van der Waals surface area (Å²) in [6.07, 6.45) is 2.94. The molecule has 15 heavy (non-hydrogen) atoms. The highest BCUT2D eigenvalue weighted by Gasteiger charge is 2.28. The SMILES string of the molecule is CC(C)N(C)CCC(NC1CC1)C(=O)O. The van der Waals surface area contributed by atoms with E-state index >= 15 is 0 Å². The minimum absolute atomic E-state index is 0.376. The Balaban J connectivity index is 2.27. The van der Waals surface area contributed by atoms with Gasteiger partial charge in [0.05, 0.1) is 0 Å². The van der Waals surface area contributed by atoms with E-state index < -0.39 is 5.97 Å². The minimum Gasteiger partial charge on any atom is -0.480 e. The van der Waals surface area contributed by atoms with Gasteiger partial charge >= 0.3 is 5.97 Å². The van der Waals surface area contributed by atoms with Crippen LogP contribution in [0.4, 0.5) is 0 Å². The molecule has 4 heteroatoms. The zero-order valence-electron chi connectivity index (χ0n) is 9.86. The smallest absolute Gasteiger partial charge is 0.320 e. The van der Waals surface area contributed by atoms with Crippen molar-refractivity contribution in [3.05, 3.63) is 0 Å². The topological polar surface area (TPSA) is 52.6 Å². The maximum atomic E-state index is 11.0. The predicted molar refractivity (Wildman–Crippen MR) is 60.0 cm³/mol. The number of carboxylic acid groups (broad SMARTS) is 1. The van der Waals surface area contributed by atoms with Crippen molar-refractivity contribution >= 4 is 5.97 Å². The number of hydrogen-bond acceptors (Lipinski definition) is 3. The minimum atomic E-state index is -0.723. The molecule has 1 unspecified atom stereocenters. The average molecular weight is 214 g/mol. The highest BCUT2D eigenvalue weighted by molar-refractivity contribution is 5.73. The Labute approximate surface area is 91.6 Å². The van der Waals surface area contributed by atoms with Gasteiger partial charge < -0.3 is 15.3 Å². The Morgan fingerprint density at radius 3 is 2.53 bits per heavy atom. The number of rotatable bonds is 7. The molecule has 1 aliphatic carbocycles. The summed E-state index contributed by atoms with van der Waals surface area (Å²) in [5.74, 6) is -0.723. The Morgan fingerprint density at radius 2 is 2.13 bits per heavy atom. The fourth-order valence-corrected chi connectivity index (χ4v) is 1.40.